The largest absolute Gasteiger partial charge is 0.493 e. The number of hydrogen-bond acceptors (Lipinski definition) is 5. The molecule has 0 unspecified atom stereocenters. The zero-order valence-corrected chi connectivity index (χ0v) is 17.3. The summed E-state index contributed by atoms with van der Waals surface area (Å²) in [5.41, 5.74) is 1.97. The van der Waals surface area contributed by atoms with E-state index in [1.54, 1.807) is 7.11 Å². The molecule has 1 amide bonds. The van der Waals surface area contributed by atoms with Crippen molar-refractivity contribution in [2.75, 3.05) is 20.2 Å². The number of piperidine rings is 1. The summed E-state index contributed by atoms with van der Waals surface area (Å²) in [6.07, 6.45) is 5.45. The molecule has 0 radical (unpaired) electrons. The van der Waals surface area contributed by atoms with Gasteiger partial charge in [-0.15, -0.1) is 0 Å². The number of ether oxygens (including phenoxy) is 2. The number of amidine groups is 1. The van der Waals surface area contributed by atoms with Gasteiger partial charge in [-0.2, -0.15) is 4.99 Å². The van der Waals surface area contributed by atoms with Crippen molar-refractivity contribution in [1.82, 2.24) is 4.90 Å². The molecule has 0 aliphatic carbocycles. The molecule has 2 aliphatic heterocycles. The first kappa shape index (κ1) is 19.6. The van der Waals surface area contributed by atoms with E-state index in [1.165, 1.54) is 18.2 Å². The van der Waals surface area contributed by atoms with Crippen LogP contribution in [0.2, 0.25) is 0 Å². The number of thioether (sulfide) groups is 1. The number of nitrogens with zero attached hydrogens (tertiary/aromatic N) is 2. The van der Waals surface area contributed by atoms with Crippen molar-refractivity contribution in [3.63, 3.8) is 0 Å². The standard InChI is InChI=1S/C23H24N2O3S/c1-27-19-11-10-18(14-20(19)28-16-17-8-4-2-5-9-17)15-21-22(26)24-23(29-21)25-12-6-3-7-13-25/h2,4-5,8-11,14-15H,3,6-7,12-13,16H2,1H3/b21-15-. The molecule has 5 nitrogen and oxygen atoms in total. The smallest absolute Gasteiger partial charge is 0.286 e. The number of benzene rings is 2. The van der Waals surface area contributed by atoms with Gasteiger partial charge in [-0.1, -0.05) is 36.4 Å². The Balaban J connectivity index is 1.49. The summed E-state index contributed by atoms with van der Waals surface area (Å²) in [5.74, 6) is 1.15. The van der Waals surface area contributed by atoms with Gasteiger partial charge < -0.3 is 14.4 Å². The Morgan fingerprint density at radius 1 is 1.07 bits per heavy atom. The summed E-state index contributed by atoms with van der Waals surface area (Å²) >= 11 is 1.46. The fourth-order valence-corrected chi connectivity index (χ4v) is 4.37. The number of carbonyl (C=O) groups excluding carboxylic acids is 1. The van der Waals surface area contributed by atoms with Crippen LogP contribution in [0, 0.1) is 0 Å². The molecule has 4 rings (SSSR count). The lowest BCUT2D eigenvalue weighted by atomic mass is 10.1. The molecule has 1 saturated heterocycles. The third-order valence-electron chi connectivity index (χ3n) is 4.96. The van der Waals surface area contributed by atoms with Gasteiger partial charge in [0.15, 0.2) is 16.7 Å². The lowest BCUT2D eigenvalue weighted by Gasteiger charge is -2.27. The molecule has 0 saturated carbocycles. The van der Waals surface area contributed by atoms with Gasteiger partial charge in [0.1, 0.15) is 6.61 Å². The minimum Gasteiger partial charge on any atom is -0.493 e. The van der Waals surface area contributed by atoms with Crippen molar-refractivity contribution in [3.05, 3.63) is 64.6 Å². The summed E-state index contributed by atoms with van der Waals surface area (Å²) in [7, 11) is 1.62. The normalized spacial score (nSPS) is 18.1. The molecule has 2 aromatic carbocycles. The van der Waals surface area contributed by atoms with Crippen LogP contribution in [-0.2, 0) is 11.4 Å². The summed E-state index contributed by atoms with van der Waals surface area (Å²) in [6.45, 7) is 2.41. The second-order valence-corrected chi connectivity index (χ2v) is 8.05. The summed E-state index contributed by atoms with van der Waals surface area (Å²) < 4.78 is 11.4. The van der Waals surface area contributed by atoms with E-state index in [0.29, 0.717) is 23.0 Å². The number of aliphatic imine (C=N–C) groups is 1. The Kier molecular flexibility index (Phi) is 6.20. The maximum Gasteiger partial charge on any atom is 0.286 e. The predicted octanol–water partition coefficient (Wildman–Crippen LogP) is 4.73. The average Bonchev–Trinajstić information content (AvgIpc) is 3.14. The second-order valence-electron chi connectivity index (χ2n) is 7.04. The van der Waals surface area contributed by atoms with Crippen molar-refractivity contribution in [1.29, 1.82) is 0 Å². The first-order valence-electron chi connectivity index (χ1n) is 9.85. The molecular weight excluding hydrogens is 384 g/mol. The van der Waals surface area contributed by atoms with Crippen LogP contribution in [-0.4, -0.2) is 36.2 Å². The minimum atomic E-state index is -0.168. The molecule has 6 heteroatoms. The van der Waals surface area contributed by atoms with E-state index in [0.717, 1.165) is 42.2 Å². The number of carbonyl (C=O) groups is 1. The highest BCUT2D eigenvalue weighted by molar-refractivity contribution is 8.18. The first-order chi connectivity index (χ1) is 14.2. The fraction of sp³-hybridized carbons (Fsp3) is 0.304. The van der Waals surface area contributed by atoms with E-state index in [9.17, 15) is 4.79 Å². The van der Waals surface area contributed by atoms with Crippen LogP contribution in [0.4, 0.5) is 0 Å². The van der Waals surface area contributed by atoms with Gasteiger partial charge in [0.05, 0.1) is 12.0 Å². The maximum atomic E-state index is 12.4. The summed E-state index contributed by atoms with van der Waals surface area (Å²) in [4.78, 5) is 19.5. The maximum absolute atomic E-state index is 12.4. The number of likely N-dealkylation sites (tertiary alicyclic amines) is 1. The van der Waals surface area contributed by atoms with Crippen LogP contribution in [0.25, 0.3) is 6.08 Å². The van der Waals surface area contributed by atoms with Crippen molar-refractivity contribution in [2.24, 2.45) is 4.99 Å². The molecule has 0 aromatic heterocycles. The van der Waals surface area contributed by atoms with Crippen LogP contribution in [0.5, 0.6) is 11.5 Å². The van der Waals surface area contributed by atoms with Crippen molar-refractivity contribution in [2.45, 2.75) is 25.9 Å². The van der Waals surface area contributed by atoms with E-state index >= 15 is 0 Å². The topological polar surface area (TPSA) is 51.1 Å². The Bertz CT molecular complexity index is 934. The highest BCUT2D eigenvalue weighted by Crippen LogP contribution is 2.34. The lowest BCUT2D eigenvalue weighted by Crippen LogP contribution is -2.33. The SMILES string of the molecule is COc1ccc(/C=C2\SC(N3CCCCC3)=NC2=O)cc1OCc1ccccc1. The molecule has 0 bridgehead atoms. The zero-order chi connectivity index (χ0) is 20.1. The monoisotopic (exact) mass is 408 g/mol. The van der Waals surface area contributed by atoms with Crippen LogP contribution < -0.4 is 9.47 Å². The van der Waals surface area contributed by atoms with Crippen molar-refractivity contribution < 1.29 is 14.3 Å². The number of methoxy groups -OCH3 is 1. The van der Waals surface area contributed by atoms with Gasteiger partial charge in [-0.3, -0.25) is 4.79 Å². The molecule has 0 N–H and O–H groups in total. The molecular formula is C23H24N2O3S. The Labute approximate surface area is 175 Å². The molecule has 1 fully saturated rings. The Morgan fingerprint density at radius 2 is 1.86 bits per heavy atom. The second kappa shape index (κ2) is 9.18. The molecule has 29 heavy (non-hydrogen) atoms. The number of amides is 1. The molecule has 0 spiro atoms. The van der Waals surface area contributed by atoms with Crippen LogP contribution in [0.1, 0.15) is 30.4 Å². The summed E-state index contributed by atoms with van der Waals surface area (Å²) in [6, 6.07) is 15.7. The van der Waals surface area contributed by atoms with E-state index in [2.05, 4.69) is 9.89 Å². The van der Waals surface area contributed by atoms with E-state index in [4.69, 9.17) is 9.47 Å². The molecule has 150 valence electrons. The number of rotatable bonds is 5. The highest BCUT2D eigenvalue weighted by atomic mass is 32.2. The molecule has 2 aromatic rings. The molecule has 2 aliphatic rings. The first-order valence-corrected chi connectivity index (χ1v) is 10.7. The van der Waals surface area contributed by atoms with Gasteiger partial charge in [-0.25, -0.2) is 0 Å². The van der Waals surface area contributed by atoms with Crippen molar-refractivity contribution in [3.8, 4) is 11.5 Å². The van der Waals surface area contributed by atoms with Gasteiger partial charge >= 0.3 is 0 Å². The van der Waals surface area contributed by atoms with Gasteiger partial charge in [0, 0.05) is 13.1 Å². The third kappa shape index (κ3) is 4.82. The minimum absolute atomic E-state index is 0.168. The van der Waals surface area contributed by atoms with Gasteiger partial charge in [0.25, 0.3) is 5.91 Å². The summed E-state index contributed by atoms with van der Waals surface area (Å²) in [5, 5.41) is 0.829. The molecule has 0 atom stereocenters. The Morgan fingerprint density at radius 3 is 2.62 bits per heavy atom. The van der Waals surface area contributed by atoms with Crippen LogP contribution in [0.15, 0.2) is 58.4 Å². The quantitative estimate of drug-likeness (QED) is 0.670. The van der Waals surface area contributed by atoms with Crippen LogP contribution in [0.3, 0.4) is 0 Å². The molecule has 2 heterocycles. The number of hydrogen-bond donors (Lipinski definition) is 0. The average molecular weight is 409 g/mol. The highest BCUT2D eigenvalue weighted by Gasteiger charge is 2.27. The third-order valence-corrected chi connectivity index (χ3v) is 6.00. The van der Waals surface area contributed by atoms with Gasteiger partial charge in [-0.05, 0) is 60.4 Å². The van der Waals surface area contributed by atoms with E-state index in [-0.39, 0.29) is 5.91 Å². The Hall–Kier alpha value is -2.73. The lowest BCUT2D eigenvalue weighted by molar-refractivity contribution is -0.113. The van der Waals surface area contributed by atoms with E-state index < -0.39 is 0 Å². The fourth-order valence-electron chi connectivity index (χ4n) is 3.40. The van der Waals surface area contributed by atoms with Crippen molar-refractivity contribution >= 4 is 28.9 Å². The van der Waals surface area contributed by atoms with Gasteiger partial charge in [0.2, 0.25) is 0 Å². The van der Waals surface area contributed by atoms with Crippen LogP contribution >= 0.6 is 11.8 Å². The zero-order valence-electron chi connectivity index (χ0n) is 16.5. The predicted molar refractivity (Wildman–Crippen MR) is 117 cm³/mol. The van der Waals surface area contributed by atoms with E-state index in [1.807, 2.05) is 54.6 Å².